The summed E-state index contributed by atoms with van der Waals surface area (Å²) in [7, 11) is 0. The molecule has 1 aliphatic rings. The topological polar surface area (TPSA) is 36.6 Å². The number of rotatable bonds is 3. The minimum Gasteiger partial charge on any atom is -0.458 e. The molecule has 1 aromatic heterocycles. The highest BCUT2D eigenvalue weighted by atomic mass is 16.4. The second-order valence-corrected chi connectivity index (χ2v) is 5.85. The smallest absolute Gasteiger partial charge is 0.135 e. The van der Waals surface area contributed by atoms with E-state index < -0.39 is 6.10 Å². The summed E-state index contributed by atoms with van der Waals surface area (Å²) in [6, 6.07) is 10.4. The van der Waals surface area contributed by atoms with Crippen LogP contribution >= 0.6 is 0 Å². The number of hydrogen-bond acceptors (Lipinski definition) is 3. The van der Waals surface area contributed by atoms with E-state index in [1.807, 2.05) is 30.3 Å². The summed E-state index contributed by atoms with van der Waals surface area (Å²) in [4.78, 5) is 2.35. The van der Waals surface area contributed by atoms with Gasteiger partial charge in [-0.3, -0.25) is 4.90 Å². The molecule has 1 saturated heterocycles. The molecular weight excluding hydrogens is 238 g/mol. The summed E-state index contributed by atoms with van der Waals surface area (Å²) >= 11 is 0. The Morgan fingerprint density at radius 2 is 2.16 bits per heavy atom. The molecule has 1 N–H and O–H groups in total. The third-order valence-electron chi connectivity index (χ3n) is 4.09. The molecule has 1 aliphatic heterocycles. The summed E-state index contributed by atoms with van der Waals surface area (Å²) in [5.74, 6) is 1.39. The van der Waals surface area contributed by atoms with Crippen LogP contribution in [0.15, 0.2) is 34.7 Å². The van der Waals surface area contributed by atoms with Gasteiger partial charge in [0.25, 0.3) is 0 Å². The summed E-state index contributed by atoms with van der Waals surface area (Å²) in [6.07, 6.45) is 0.674. The predicted octanol–water partition coefficient (Wildman–Crippen LogP) is 3.20. The van der Waals surface area contributed by atoms with Gasteiger partial charge in [-0.25, -0.2) is 0 Å². The number of likely N-dealkylation sites (tertiary alicyclic amines) is 1. The highest BCUT2D eigenvalue weighted by Crippen LogP contribution is 2.28. The number of benzene rings is 1. The lowest BCUT2D eigenvalue weighted by Gasteiger charge is -2.23. The lowest BCUT2D eigenvalue weighted by molar-refractivity contribution is 0.0922. The Bertz CT molecular complexity index is 530. The van der Waals surface area contributed by atoms with Crippen LogP contribution in [0.25, 0.3) is 11.0 Å². The van der Waals surface area contributed by atoms with Gasteiger partial charge in [0, 0.05) is 24.5 Å². The first-order valence-corrected chi connectivity index (χ1v) is 7.04. The molecule has 0 radical (unpaired) electrons. The van der Waals surface area contributed by atoms with Gasteiger partial charge >= 0.3 is 0 Å². The maximum absolute atomic E-state index is 10.4. The van der Waals surface area contributed by atoms with Crippen molar-refractivity contribution in [1.82, 2.24) is 4.90 Å². The van der Waals surface area contributed by atoms with Crippen molar-refractivity contribution in [3.63, 3.8) is 0 Å². The molecular formula is C16H21NO2. The second-order valence-electron chi connectivity index (χ2n) is 5.85. The van der Waals surface area contributed by atoms with Crippen molar-refractivity contribution in [2.24, 2.45) is 5.92 Å². The SMILES string of the molecule is CC1CC(C)N(CC(O)c2cc3ccccc3o2)C1. The minimum atomic E-state index is -0.542. The fraction of sp³-hybridized carbons (Fsp3) is 0.500. The van der Waals surface area contributed by atoms with Gasteiger partial charge in [0.05, 0.1) is 0 Å². The molecule has 2 heterocycles. The van der Waals surface area contributed by atoms with Gasteiger partial charge in [0.2, 0.25) is 0 Å². The molecule has 102 valence electrons. The van der Waals surface area contributed by atoms with Crippen molar-refractivity contribution < 1.29 is 9.52 Å². The zero-order chi connectivity index (χ0) is 13.4. The molecule has 0 saturated carbocycles. The Morgan fingerprint density at radius 3 is 2.84 bits per heavy atom. The molecule has 2 aromatic rings. The average molecular weight is 259 g/mol. The van der Waals surface area contributed by atoms with E-state index in [2.05, 4.69) is 18.7 Å². The lowest BCUT2D eigenvalue weighted by atomic mass is 10.1. The Balaban J connectivity index is 1.74. The maximum Gasteiger partial charge on any atom is 0.135 e. The van der Waals surface area contributed by atoms with Crippen LogP contribution in [0, 0.1) is 5.92 Å². The quantitative estimate of drug-likeness (QED) is 0.919. The molecule has 3 nitrogen and oxygen atoms in total. The number of β-amino-alcohol motifs (C(OH)–C–C–N with tert-alkyl or cyclic N) is 1. The maximum atomic E-state index is 10.4. The number of aliphatic hydroxyl groups is 1. The third kappa shape index (κ3) is 2.53. The molecule has 3 unspecified atom stereocenters. The van der Waals surface area contributed by atoms with E-state index in [0.29, 0.717) is 18.3 Å². The van der Waals surface area contributed by atoms with Crippen LogP contribution in [0.3, 0.4) is 0 Å². The number of nitrogens with zero attached hydrogens (tertiary/aromatic N) is 1. The summed E-state index contributed by atoms with van der Waals surface area (Å²) in [5.41, 5.74) is 0.847. The number of aliphatic hydroxyl groups excluding tert-OH is 1. The Morgan fingerprint density at radius 1 is 1.37 bits per heavy atom. The molecule has 3 atom stereocenters. The van der Waals surface area contributed by atoms with E-state index in [-0.39, 0.29) is 0 Å². The van der Waals surface area contributed by atoms with Crippen LogP contribution in [0.5, 0.6) is 0 Å². The highest BCUT2D eigenvalue weighted by molar-refractivity contribution is 5.77. The molecule has 0 spiro atoms. The summed E-state index contributed by atoms with van der Waals surface area (Å²) in [6.45, 7) is 6.22. The average Bonchev–Trinajstić information content (AvgIpc) is 2.93. The minimum absolute atomic E-state index is 0.542. The zero-order valence-corrected chi connectivity index (χ0v) is 11.5. The van der Waals surface area contributed by atoms with Crippen molar-refractivity contribution in [3.05, 3.63) is 36.1 Å². The molecule has 1 fully saturated rings. The van der Waals surface area contributed by atoms with Gasteiger partial charge in [-0.2, -0.15) is 0 Å². The number of fused-ring (bicyclic) bond motifs is 1. The van der Waals surface area contributed by atoms with E-state index in [0.717, 1.165) is 23.4 Å². The van der Waals surface area contributed by atoms with E-state index in [9.17, 15) is 5.11 Å². The van der Waals surface area contributed by atoms with Crippen LogP contribution in [-0.2, 0) is 0 Å². The fourth-order valence-electron chi connectivity index (χ4n) is 3.12. The summed E-state index contributed by atoms with van der Waals surface area (Å²) < 4.78 is 5.73. The summed E-state index contributed by atoms with van der Waals surface area (Å²) in [5, 5.41) is 11.4. The Hall–Kier alpha value is -1.32. The zero-order valence-electron chi connectivity index (χ0n) is 11.5. The highest BCUT2D eigenvalue weighted by Gasteiger charge is 2.28. The van der Waals surface area contributed by atoms with Crippen molar-refractivity contribution >= 4 is 11.0 Å². The monoisotopic (exact) mass is 259 g/mol. The predicted molar refractivity (Wildman–Crippen MR) is 76.0 cm³/mol. The van der Waals surface area contributed by atoms with E-state index >= 15 is 0 Å². The molecule has 0 bridgehead atoms. The number of para-hydroxylation sites is 1. The van der Waals surface area contributed by atoms with Gasteiger partial charge in [-0.15, -0.1) is 0 Å². The Labute approximate surface area is 113 Å². The molecule has 0 aliphatic carbocycles. The van der Waals surface area contributed by atoms with Crippen LogP contribution in [0.1, 0.15) is 32.1 Å². The first kappa shape index (κ1) is 12.7. The van der Waals surface area contributed by atoms with Gasteiger partial charge in [-0.1, -0.05) is 25.1 Å². The first-order valence-electron chi connectivity index (χ1n) is 7.04. The third-order valence-corrected chi connectivity index (χ3v) is 4.09. The largest absolute Gasteiger partial charge is 0.458 e. The normalized spacial score (nSPS) is 26.1. The molecule has 0 amide bonds. The molecule has 1 aromatic carbocycles. The van der Waals surface area contributed by atoms with Crippen LogP contribution in [-0.4, -0.2) is 29.1 Å². The van der Waals surface area contributed by atoms with Crippen molar-refractivity contribution in [2.75, 3.05) is 13.1 Å². The van der Waals surface area contributed by atoms with Crippen molar-refractivity contribution in [3.8, 4) is 0 Å². The number of furan rings is 1. The lowest BCUT2D eigenvalue weighted by Crippen LogP contribution is -2.31. The Kier molecular flexibility index (Phi) is 3.33. The van der Waals surface area contributed by atoms with Gasteiger partial charge < -0.3 is 9.52 Å². The van der Waals surface area contributed by atoms with Crippen LogP contribution in [0.4, 0.5) is 0 Å². The molecule has 3 heteroatoms. The first-order chi connectivity index (χ1) is 9.13. The second kappa shape index (κ2) is 4.99. The van der Waals surface area contributed by atoms with Gasteiger partial charge in [0.1, 0.15) is 17.4 Å². The van der Waals surface area contributed by atoms with Crippen molar-refractivity contribution in [1.29, 1.82) is 0 Å². The van der Waals surface area contributed by atoms with Crippen LogP contribution in [0.2, 0.25) is 0 Å². The number of hydrogen-bond donors (Lipinski definition) is 1. The van der Waals surface area contributed by atoms with E-state index in [1.54, 1.807) is 0 Å². The van der Waals surface area contributed by atoms with Gasteiger partial charge in [0.15, 0.2) is 0 Å². The van der Waals surface area contributed by atoms with Crippen LogP contribution < -0.4 is 0 Å². The molecule has 3 rings (SSSR count). The molecule has 19 heavy (non-hydrogen) atoms. The van der Waals surface area contributed by atoms with E-state index in [1.165, 1.54) is 6.42 Å². The standard InChI is InChI=1S/C16H21NO2/c1-11-7-12(2)17(9-11)10-14(18)16-8-13-5-3-4-6-15(13)19-16/h3-6,8,11-12,14,18H,7,9-10H2,1-2H3. The van der Waals surface area contributed by atoms with E-state index in [4.69, 9.17) is 4.42 Å². The fourth-order valence-corrected chi connectivity index (χ4v) is 3.12. The van der Waals surface area contributed by atoms with Gasteiger partial charge in [-0.05, 0) is 31.4 Å². The van der Waals surface area contributed by atoms with Crippen molar-refractivity contribution in [2.45, 2.75) is 32.4 Å².